The van der Waals surface area contributed by atoms with Crippen molar-refractivity contribution in [3.8, 4) is 0 Å². The van der Waals surface area contributed by atoms with Crippen LogP contribution in [0.3, 0.4) is 0 Å². The highest BCUT2D eigenvalue weighted by atomic mass is 127. The smallest absolute Gasteiger partial charge is 0.261 e. The molecule has 1 aliphatic rings. The zero-order chi connectivity index (χ0) is 17.9. The fraction of sp³-hybridized carbons (Fsp3) is 0.429. The molecule has 0 aromatic heterocycles. The van der Waals surface area contributed by atoms with Gasteiger partial charge < -0.3 is 9.16 Å². The number of rotatable bonds is 5. The molecule has 0 bridgehead atoms. The van der Waals surface area contributed by atoms with Gasteiger partial charge in [-0.15, -0.1) is 0 Å². The summed E-state index contributed by atoms with van der Waals surface area (Å²) in [6, 6.07) is 21.7. The van der Waals surface area contributed by atoms with Crippen LogP contribution in [0.25, 0.3) is 0 Å². The van der Waals surface area contributed by atoms with Crippen LogP contribution in [-0.2, 0) is 9.16 Å². The topological polar surface area (TPSA) is 18.5 Å². The first-order valence-corrected chi connectivity index (χ1v) is 12.4. The van der Waals surface area contributed by atoms with Gasteiger partial charge >= 0.3 is 0 Å². The van der Waals surface area contributed by atoms with Gasteiger partial charge in [-0.3, -0.25) is 0 Å². The summed E-state index contributed by atoms with van der Waals surface area (Å²) in [5.41, 5.74) is 0. The molecule has 0 saturated carbocycles. The summed E-state index contributed by atoms with van der Waals surface area (Å²) >= 11 is 2.41. The van der Waals surface area contributed by atoms with Crippen molar-refractivity contribution in [3.63, 3.8) is 0 Å². The molecule has 0 radical (unpaired) electrons. The van der Waals surface area contributed by atoms with Crippen LogP contribution in [0.1, 0.15) is 27.2 Å². The molecule has 1 saturated heterocycles. The van der Waals surface area contributed by atoms with Crippen LogP contribution < -0.4 is 10.4 Å². The van der Waals surface area contributed by atoms with Crippen molar-refractivity contribution in [2.24, 2.45) is 0 Å². The minimum Gasteiger partial charge on any atom is -0.402 e. The molecule has 2 aromatic carbocycles. The van der Waals surface area contributed by atoms with E-state index in [0.717, 1.165) is 10.8 Å². The monoisotopic (exact) mass is 466 g/mol. The number of benzene rings is 2. The summed E-state index contributed by atoms with van der Waals surface area (Å²) < 4.78 is 14.0. The molecular formula is C21H27IO2Si. The van der Waals surface area contributed by atoms with Crippen LogP contribution in [0.5, 0.6) is 0 Å². The summed E-state index contributed by atoms with van der Waals surface area (Å²) in [5.74, 6) is 0. The van der Waals surface area contributed by atoms with E-state index in [1.165, 1.54) is 10.4 Å². The number of hydrogen-bond acceptors (Lipinski definition) is 2. The highest BCUT2D eigenvalue weighted by molar-refractivity contribution is 14.1. The minimum absolute atomic E-state index is 0.0259. The average Bonchev–Trinajstić information content (AvgIpc) is 3.08. The molecule has 25 heavy (non-hydrogen) atoms. The average molecular weight is 466 g/mol. The van der Waals surface area contributed by atoms with E-state index < -0.39 is 8.32 Å². The Morgan fingerprint density at radius 2 is 1.52 bits per heavy atom. The van der Waals surface area contributed by atoms with E-state index in [9.17, 15) is 0 Å². The maximum atomic E-state index is 7.08. The van der Waals surface area contributed by atoms with E-state index in [1.54, 1.807) is 0 Å². The van der Waals surface area contributed by atoms with E-state index in [2.05, 4.69) is 104 Å². The first-order chi connectivity index (χ1) is 12.0. The first kappa shape index (κ1) is 19.1. The van der Waals surface area contributed by atoms with E-state index in [-0.39, 0.29) is 11.1 Å². The summed E-state index contributed by atoms with van der Waals surface area (Å²) in [5, 5.41) is 2.70. The molecule has 134 valence electrons. The van der Waals surface area contributed by atoms with Gasteiger partial charge in [0, 0.05) is 10.8 Å². The summed E-state index contributed by atoms with van der Waals surface area (Å²) in [6.45, 7) is 7.68. The lowest BCUT2D eigenvalue weighted by Crippen LogP contribution is -2.67. The fourth-order valence-electron chi connectivity index (χ4n) is 3.80. The zero-order valence-electron chi connectivity index (χ0n) is 15.2. The molecule has 0 N–H and O–H groups in total. The maximum absolute atomic E-state index is 7.08. The van der Waals surface area contributed by atoms with Gasteiger partial charge in [-0.1, -0.05) is 104 Å². The molecule has 0 amide bonds. The van der Waals surface area contributed by atoms with Gasteiger partial charge in [0.2, 0.25) is 0 Å². The van der Waals surface area contributed by atoms with Gasteiger partial charge in [0.25, 0.3) is 8.32 Å². The Bertz CT molecular complexity index is 630. The lowest BCUT2D eigenvalue weighted by Gasteiger charge is -2.44. The molecule has 0 aliphatic carbocycles. The SMILES string of the molecule is CC(C)(C)[Si](O[C@H]1CO[C@H](CI)C1)(c1ccccc1)c1ccccc1. The third-order valence-electron chi connectivity index (χ3n) is 4.98. The predicted molar refractivity (Wildman–Crippen MR) is 116 cm³/mol. The first-order valence-electron chi connectivity index (χ1n) is 8.94. The molecule has 4 heteroatoms. The van der Waals surface area contributed by atoms with Crippen molar-refractivity contribution >= 4 is 41.3 Å². The van der Waals surface area contributed by atoms with Gasteiger partial charge in [-0.2, -0.15) is 0 Å². The maximum Gasteiger partial charge on any atom is 0.261 e. The molecule has 0 spiro atoms. The Morgan fingerprint density at radius 1 is 1.00 bits per heavy atom. The molecule has 1 aliphatic heterocycles. The summed E-state index contributed by atoms with van der Waals surface area (Å²) in [6.07, 6.45) is 1.49. The van der Waals surface area contributed by atoms with Crippen LogP contribution in [0.2, 0.25) is 5.04 Å². The number of hydrogen-bond donors (Lipinski definition) is 0. The van der Waals surface area contributed by atoms with E-state index >= 15 is 0 Å². The van der Waals surface area contributed by atoms with Gasteiger partial charge in [0.15, 0.2) is 0 Å². The van der Waals surface area contributed by atoms with E-state index in [4.69, 9.17) is 9.16 Å². The lowest BCUT2D eigenvalue weighted by atomic mass is 10.2. The van der Waals surface area contributed by atoms with Gasteiger partial charge in [0.05, 0.1) is 18.8 Å². The minimum atomic E-state index is -2.44. The highest BCUT2D eigenvalue weighted by Crippen LogP contribution is 2.38. The quantitative estimate of drug-likeness (QED) is 0.375. The molecule has 1 heterocycles. The van der Waals surface area contributed by atoms with Crippen molar-refractivity contribution < 1.29 is 9.16 Å². The Hall–Kier alpha value is -0.693. The van der Waals surface area contributed by atoms with Crippen LogP contribution in [0, 0.1) is 0 Å². The molecule has 3 rings (SSSR count). The number of halogens is 1. The van der Waals surface area contributed by atoms with Gasteiger partial charge in [-0.25, -0.2) is 0 Å². The molecule has 0 unspecified atom stereocenters. The second-order valence-corrected chi connectivity index (χ2v) is 12.9. The summed E-state index contributed by atoms with van der Waals surface area (Å²) in [4.78, 5) is 0. The van der Waals surface area contributed by atoms with Crippen LogP contribution in [-0.4, -0.2) is 31.6 Å². The van der Waals surface area contributed by atoms with Crippen molar-refractivity contribution in [2.75, 3.05) is 11.0 Å². The Morgan fingerprint density at radius 3 is 1.92 bits per heavy atom. The van der Waals surface area contributed by atoms with Crippen LogP contribution >= 0.6 is 22.6 Å². The Balaban J connectivity index is 2.09. The number of alkyl halides is 1. The number of ether oxygens (including phenoxy) is 1. The van der Waals surface area contributed by atoms with E-state index in [1.807, 2.05) is 0 Å². The lowest BCUT2D eigenvalue weighted by molar-refractivity contribution is 0.105. The van der Waals surface area contributed by atoms with Crippen LogP contribution in [0.4, 0.5) is 0 Å². The molecule has 2 aromatic rings. The second-order valence-electron chi connectivity index (χ2n) is 7.75. The van der Waals surface area contributed by atoms with Crippen molar-refractivity contribution in [2.45, 2.75) is 44.4 Å². The van der Waals surface area contributed by atoms with Gasteiger partial charge in [-0.05, 0) is 15.4 Å². The van der Waals surface area contributed by atoms with Crippen LogP contribution in [0.15, 0.2) is 60.7 Å². The third-order valence-corrected chi connectivity index (χ3v) is 11.1. The highest BCUT2D eigenvalue weighted by Gasteiger charge is 2.52. The van der Waals surface area contributed by atoms with Gasteiger partial charge in [0.1, 0.15) is 0 Å². The standard InChI is InChI=1S/C21H27IO2Si/c1-21(2,3)25(19-10-6-4-7-11-19,20-12-8-5-9-13-20)24-18-14-17(15-22)23-16-18/h4-13,17-18H,14-16H2,1-3H3/t17-,18+/m0/s1. The van der Waals surface area contributed by atoms with E-state index in [0.29, 0.717) is 12.7 Å². The third kappa shape index (κ3) is 3.87. The fourth-order valence-corrected chi connectivity index (χ4v) is 9.10. The Kier molecular flexibility index (Phi) is 6.03. The molecular weight excluding hydrogens is 439 g/mol. The molecule has 2 atom stereocenters. The zero-order valence-corrected chi connectivity index (χ0v) is 18.4. The largest absolute Gasteiger partial charge is 0.402 e. The van der Waals surface area contributed by atoms with Crippen molar-refractivity contribution in [3.05, 3.63) is 60.7 Å². The normalized spacial score (nSPS) is 21.4. The summed E-state index contributed by atoms with van der Waals surface area (Å²) in [7, 11) is -2.44. The van der Waals surface area contributed by atoms with Crippen molar-refractivity contribution in [1.29, 1.82) is 0 Å². The predicted octanol–water partition coefficient (Wildman–Crippen LogP) is 4.16. The van der Waals surface area contributed by atoms with Crippen molar-refractivity contribution in [1.82, 2.24) is 0 Å². The molecule has 1 fully saturated rings. The Labute approximate surface area is 166 Å². The molecule has 2 nitrogen and oxygen atoms in total. The second kappa shape index (κ2) is 7.90.